The average Bonchev–Trinajstić information content (AvgIpc) is 2.04. The Morgan fingerprint density at radius 3 is 2.50 bits per heavy atom. The van der Waals surface area contributed by atoms with Crippen LogP contribution in [0.1, 0.15) is 6.42 Å². The highest BCUT2D eigenvalue weighted by molar-refractivity contribution is 8.23. The summed E-state index contributed by atoms with van der Waals surface area (Å²) < 4.78 is 0. The van der Waals surface area contributed by atoms with Crippen LogP contribution in [0.2, 0.25) is 0 Å². The Kier molecular flexibility index (Phi) is 3.49. The molecule has 0 unspecified atom stereocenters. The summed E-state index contributed by atoms with van der Waals surface area (Å²) in [4.78, 5) is 22.4. The molecule has 1 heterocycles. The van der Waals surface area contributed by atoms with Gasteiger partial charge in [0.1, 0.15) is 29.7 Å². The first kappa shape index (κ1) is 9.48. The van der Waals surface area contributed by atoms with E-state index < -0.39 is 10.9 Å². The third kappa shape index (κ3) is 2.19. The molecule has 66 valence electrons. The van der Waals surface area contributed by atoms with Gasteiger partial charge in [0.25, 0.3) is 0 Å². The van der Waals surface area contributed by atoms with Crippen LogP contribution in [0.25, 0.3) is 0 Å². The van der Waals surface area contributed by atoms with Crippen LogP contribution in [0, 0.1) is 0 Å². The van der Waals surface area contributed by atoms with E-state index in [1.807, 2.05) is 0 Å². The highest BCUT2D eigenvalue weighted by Gasteiger charge is 2.39. The van der Waals surface area contributed by atoms with Crippen molar-refractivity contribution in [2.24, 2.45) is 0 Å². The molecule has 1 aliphatic rings. The number of nitrogens with one attached hydrogen (secondary N) is 1. The molecule has 1 fully saturated rings. The maximum Gasteiger partial charge on any atom is 0.353 e. The minimum Gasteiger partial charge on any atom is -0.295 e. The molecule has 0 bridgehead atoms. The van der Waals surface area contributed by atoms with Crippen molar-refractivity contribution >= 4 is 21.1 Å². The van der Waals surface area contributed by atoms with Gasteiger partial charge in [-0.05, 0) is 0 Å². The monoisotopic (exact) mass is 186 g/mol. The average molecular weight is 186 g/mol. The van der Waals surface area contributed by atoms with Crippen LogP contribution in [0.3, 0.4) is 0 Å². The van der Waals surface area contributed by atoms with Crippen LogP contribution in [-0.4, -0.2) is 29.1 Å². The summed E-state index contributed by atoms with van der Waals surface area (Å²) in [6.45, 7) is 4.27. The zero-order valence-electron chi connectivity index (χ0n) is 6.84. The Morgan fingerprint density at radius 1 is 1.42 bits per heavy atom. The Labute approximate surface area is 74.6 Å². The molecule has 0 saturated carbocycles. The minimum absolute atomic E-state index is 0.0492. The molecular weight excluding hydrogens is 174 g/mol. The van der Waals surface area contributed by atoms with E-state index in [-0.39, 0.29) is 10.2 Å². The van der Waals surface area contributed by atoms with E-state index >= 15 is 0 Å². The van der Waals surface area contributed by atoms with Gasteiger partial charge in [-0.2, -0.15) is 0 Å². The summed E-state index contributed by atoms with van der Waals surface area (Å²) in [5.74, 6) is 0.656. The third-order valence-corrected chi connectivity index (χ3v) is 3.65. The maximum absolute atomic E-state index is 11.2. The van der Waals surface area contributed by atoms with Crippen molar-refractivity contribution in [3.63, 3.8) is 0 Å². The van der Waals surface area contributed by atoms with Crippen molar-refractivity contribution in [1.29, 1.82) is 0 Å². The number of rotatable bonds is 3. The molecule has 3 nitrogen and oxygen atoms in total. The summed E-state index contributed by atoms with van der Waals surface area (Å²) in [7, 11) is -0.646. The molecule has 0 aromatic heterocycles. The second kappa shape index (κ2) is 4.42. The van der Waals surface area contributed by atoms with Crippen molar-refractivity contribution in [1.82, 2.24) is 5.32 Å². The first-order chi connectivity index (χ1) is 5.75. The van der Waals surface area contributed by atoms with Crippen molar-refractivity contribution in [3.8, 4) is 0 Å². The summed E-state index contributed by atoms with van der Waals surface area (Å²) in [5.41, 5.74) is 0. The summed E-state index contributed by atoms with van der Waals surface area (Å²) >= 11 is 0. The van der Waals surface area contributed by atoms with Gasteiger partial charge in [-0.1, -0.05) is 6.08 Å². The van der Waals surface area contributed by atoms with Crippen LogP contribution in [0.4, 0.5) is 0 Å². The maximum atomic E-state index is 11.2. The van der Waals surface area contributed by atoms with Gasteiger partial charge < -0.3 is 0 Å². The van der Waals surface area contributed by atoms with E-state index in [2.05, 4.69) is 11.9 Å². The van der Waals surface area contributed by atoms with Gasteiger partial charge in [-0.15, -0.1) is 6.58 Å². The molecular formula is C8H12NO2S+. The van der Waals surface area contributed by atoms with Gasteiger partial charge in [0, 0.05) is 6.42 Å². The number of carbonyl (C=O) groups excluding carboxylic acids is 2. The molecule has 0 radical (unpaired) electrons. The fourth-order valence-corrected chi connectivity index (χ4v) is 2.66. The molecule has 0 atom stereocenters. The normalized spacial score (nSPS) is 19.7. The van der Waals surface area contributed by atoms with E-state index in [1.165, 1.54) is 0 Å². The lowest BCUT2D eigenvalue weighted by Crippen LogP contribution is -2.45. The number of allylic oxidation sites excluding steroid dienone is 1. The summed E-state index contributed by atoms with van der Waals surface area (Å²) in [5, 5.41) is 2.87. The smallest absolute Gasteiger partial charge is 0.295 e. The van der Waals surface area contributed by atoms with Crippen LogP contribution in [-0.2, 0) is 20.5 Å². The van der Waals surface area contributed by atoms with E-state index in [9.17, 15) is 9.59 Å². The van der Waals surface area contributed by atoms with E-state index in [0.717, 1.165) is 6.42 Å². The Bertz CT molecular complexity index is 199. The molecule has 1 saturated heterocycles. The largest absolute Gasteiger partial charge is 0.353 e. The van der Waals surface area contributed by atoms with E-state index in [1.54, 1.807) is 6.08 Å². The van der Waals surface area contributed by atoms with Crippen molar-refractivity contribution in [2.45, 2.75) is 6.42 Å². The SMILES string of the molecule is C=CCC[S+]1C(=O)CNCC1=O. The molecule has 1 N–H and O–H groups in total. The lowest BCUT2D eigenvalue weighted by molar-refractivity contribution is -0.114. The number of hydrogen-bond acceptors (Lipinski definition) is 3. The second-order valence-electron chi connectivity index (χ2n) is 2.52. The second-order valence-corrected chi connectivity index (χ2v) is 4.62. The molecule has 0 aliphatic carbocycles. The van der Waals surface area contributed by atoms with Crippen molar-refractivity contribution < 1.29 is 9.59 Å². The summed E-state index contributed by atoms with van der Waals surface area (Å²) in [6.07, 6.45) is 2.50. The Hall–Kier alpha value is -0.610. The molecule has 4 heteroatoms. The van der Waals surface area contributed by atoms with Gasteiger partial charge in [0.2, 0.25) is 0 Å². The number of hydrogen-bond donors (Lipinski definition) is 1. The fraction of sp³-hybridized carbons (Fsp3) is 0.500. The first-order valence-electron chi connectivity index (χ1n) is 3.84. The van der Waals surface area contributed by atoms with Crippen LogP contribution < -0.4 is 5.32 Å². The molecule has 0 amide bonds. The molecule has 0 aromatic carbocycles. The van der Waals surface area contributed by atoms with Gasteiger partial charge in [-0.25, -0.2) is 9.59 Å². The molecule has 1 rings (SSSR count). The lowest BCUT2D eigenvalue weighted by atomic mass is 10.5. The quantitative estimate of drug-likeness (QED) is 0.492. The molecule has 1 aliphatic heterocycles. The summed E-state index contributed by atoms with van der Waals surface area (Å²) in [6, 6.07) is 0. The highest BCUT2D eigenvalue weighted by atomic mass is 32.2. The Balaban J connectivity index is 2.51. The molecule has 12 heavy (non-hydrogen) atoms. The van der Waals surface area contributed by atoms with Crippen molar-refractivity contribution in [2.75, 3.05) is 18.8 Å². The topological polar surface area (TPSA) is 46.2 Å². The van der Waals surface area contributed by atoms with Gasteiger partial charge >= 0.3 is 10.2 Å². The predicted octanol–water partition coefficient (Wildman–Crippen LogP) is -0.163. The predicted molar refractivity (Wildman–Crippen MR) is 49.9 cm³/mol. The third-order valence-electron chi connectivity index (χ3n) is 1.61. The number of carbonyl (C=O) groups is 2. The Morgan fingerprint density at radius 2 is 2.00 bits per heavy atom. The standard InChI is InChI=1S/C8H12NO2S/c1-2-3-4-12-7(10)5-9-6-8(12)11/h2,9H,1,3-6H2/q+1. The van der Waals surface area contributed by atoms with E-state index in [4.69, 9.17) is 0 Å². The minimum atomic E-state index is -0.646. The lowest BCUT2D eigenvalue weighted by Gasteiger charge is -2.09. The van der Waals surface area contributed by atoms with Crippen LogP contribution >= 0.6 is 0 Å². The zero-order chi connectivity index (χ0) is 8.97. The van der Waals surface area contributed by atoms with Crippen molar-refractivity contribution in [3.05, 3.63) is 12.7 Å². The van der Waals surface area contributed by atoms with Gasteiger partial charge in [0.15, 0.2) is 0 Å². The van der Waals surface area contributed by atoms with E-state index in [0.29, 0.717) is 18.8 Å². The van der Waals surface area contributed by atoms with Crippen LogP contribution in [0.5, 0.6) is 0 Å². The fourth-order valence-electron chi connectivity index (χ4n) is 0.997. The first-order valence-corrected chi connectivity index (χ1v) is 5.23. The van der Waals surface area contributed by atoms with Gasteiger partial charge in [-0.3, -0.25) is 5.32 Å². The molecule has 0 spiro atoms. The molecule has 0 aromatic rings. The van der Waals surface area contributed by atoms with Crippen LogP contribution in [0.15, 0.2) is 12.7 Å². The highest BCUT2D eigenvalue weighted by Crippen LogP contribution is 2.06. The van der Waals surface area contributed by atoms with Gasteiger partial charge in [0.05, 0.1) is 0 Å². The zero-order valence-corrected chi connectivity index (χ0v) is 7.65.